The van der Waals surface area contributed by atoms with E-state index in [0.29, 0.717) is 42.9 Å². The summed E-state index contributed by atoms with van der Waals surface area (Å²) in [6.07, 6.45) is 1.09. The summed E-state index contributed by atoms with van der Waals surface area (Å²) in [5.41, 5.74) is 1.16. The van der Waals surface area contributed by atoms with E-state index in [1.165, 1.54) is 24.0 Å². The number of carbonyl (C=O) groups is 1. The summed E-state index contributed by atoms with van der Waals surface area (Å²) in [6.45, 7) is 2.84. The Labute approximate surface area is 227 Å². The van der Waals surface area contributed by atoms with Gasteiger partial charge in [-0.1, -0.05) is 17.7 Å². The quantitative estimate of drug-likeness (QED) is 0.477. The molecule has 1 saturated heterocycles. The molecule has 9 nitrogen and oxygen atoms in total. The van der Waals surface area contributed by atoms with Gasteiger partial charge in [-0.2, -0.15) is 14.9 Å². The number of halogens is 4. The van der Waals surface area contributed by atoms with Crippen LogP contribution in [-0.4, -0.2) is 45.7 Å². The van der Waals surface area contributed by atoms with E-state index in [1.807, 2.05) is 4.90 Å². The van der Waals surface area contributed by atoms with Crippen molar-refractivity contribution in [2.45, 2.75) is 57.8 Å². The number of nitrogens with zero attached hydrogens (tertiary/aromatic N) is 5. The second kappa shape index (κ2) is 11.0. The van der Waals surface area contributed by atoms with Crippen LogP contribution < -0.4 is 15.8 Å². The number of hydrogen-bond donors (Lipinski definition) is 1. The number of rotatable bonds is 6. The molecule has 1 fully saturated rings. The minimum Gasteiger partial charge on any atom is -0.364 e. The first-order chi connectivity index (χ1) is 18.7. The van der Waals surface area contributed by atoms with Gasteiger partial charge in [-0.25, -0.2) is 13.2 Å². The Balaban J connectivity index is 1.51. The van der Waals surface area contributed by atoms with Gasteiger partial charge in [0.1, 0.15) is 10.8 Å². The lowest BCUT2D eigenvalue weighted by atomic mass is 9.99. The fraction of sp³-hybridized carbons (Fsp3) is 0.462. The molecular formula is C26H28ClF3N6O3. The average Bonchev–Trinajstić information content (AvgIpc) is 3.33. The number of aromatic nitrogens is 4. The summed E-state index contributed by atoms with van der Waals surface area (Å²) in [7, 11) is 1.47. The number of carbonyl (C=O) groups excluding carboxylic acids is 1. The van der Waals surface area contributed by atoms with Gasteiger partial charge in [0.2, 0.25) is 0 Å². The highest BCUT2D eigenvalue weighted by Crippen LogP contribution is 2.35. The molecule has 4 heterocycles. The molecule has 13 heteroatoms. The van der Waals surface area contributed by atoms with Crippen LogP contribution >= 0.6 is 11.6 Å². The Bertz CT molecular complexity index is 1450. The van der Waals surface area contributed by atoms with Crippen molar-refractivity contribution in [3.8, 4) is 0 Å². The smallest absolute Gasteiger partial charge is 0.290 e. The SMILES string of the molecule is CNC(=O)c1nn(C(C)c2ccc(F)cc2C(F)F)c2c1CN(c1cnn(C3CCCCO3)c(=O)c1Cl)CC2. The zero-order chi connectivity index (χ0) is 27.8. The first-order valence-corrected chi connectivity index (χ1v) is 13.1. The Hall–Kier alpha value is -3.38. The molecular weight excluding hydrogens is 537 g/mol. The molecule has 2 atom stereocenters. The molecule has 1 aromatic carbocycles. The van der Waals surface area contributed by atoms with Crippen LogP contribution in [-0.2, 0) is 17.7 Å². The van der Waals surface area contributed by atoms with Gasteiger partial charge in [0.25, 0.3) is 17.9 Å². The lowest BCUT2D eigenvalue weighted by Crippen LogP contribution is -2.36. The zero-order valence-electron chi connectivity index (χ0n) is 21.5. The van der Waals surface area contributed by atoms with Gasteiger partial charge in [-0.15, -0.1) is 0 Å². The first-order valence-electron chi connectivity index (χ1n) is 12.7. The Morgan fingerprint density at radius 2 is 2.05 bits per heavy atom. The second-order valence-corrected chi connectivity index (χ2v) is 10.0. The fourth-order valence-corrected chi connectivity index (χ4v) is 5.55. The van der Waals surface area contributed by atoms with Crippen LogP contribution in [0.2, 0.25) is 5.02 Å². The van der Waals surface area contributed by atoms with Crippen LogP contribution in [0.5, 0.6) is 0 Å². The Kier molecular flexibility index (Phi) is 7.68. The Morgan fingerprint density at radius 3 is 2.74 bits per heavy atom. The lowest BCUT2D eigenvalue weighted by Gasteiger charge is -2.31. The fourth-order valence-electron chi connectivity index (χ4n) is 5.30. The van der Waals surface area contributed by atoms with Crippen molar-refractivity contribution in [1.29, 1.82) is 0 Å². The second-order valence-electron chi connectivity index (χ2n) is 9.63. The van der Waals surface area contributed by atoms with Crippen molar-refractivity contribution in [1.82, 2.24) is 24.9 Å². The number of ether oxygens (including phenoxy) is 1. The third-order valence-corrected chi connectivity index (χ3v) is 7.68. The molecule has 3 aromatic rings. The predicted octanol–water partition coefficient (Wildman–Crippen LogP) is 4.40. The molecule has 2 aliphatic heterocycles. The standard InChI is InChI=1S/C26H28ClF3N6O3/c1-14(16-7-6-15(28)11-17(16)24(29)30)35-19-8-9-34(13-18(19)23(33-35)25(37)31-2)20-12-32-36(26(38)22(20)27)21-5-3-4-10-39-21/h6-7,11-12,14,21,24H,3-5,8-10,13H2,1-2H3,(H,31,37). The third kappa shape index (κ3) is 5.03. The van der Waals surface area contributed by atoms with Gasteiger partial charge in [0, 0.05) is 50.0 Å². The molecule has 0 aliphatic carbocycles. The molecule has 1 N–H and O–H groups in total. The van der Waals surface area contributed by atoms with Crippen molar-refractivity contribution in [2.24, 2.45) is 0 Å². The normalized spacial score (nSPS) is 18.2. The highest BCUT2D eigenvalue weighted by molar-refractivity contribution is 6.33. The maximum absolute atomic E-state index is 13.7. The topological polar surface area (TPSA) is 94.3 Å². The van der Waals surface area contributed by atoms with Crippen LogP contribution in [0.4, 0.5) is 18.9 Å². The number of nitrogens with one attached hydrogen (secondary N) is 1. The van der Waals surface area contributed by atoms with Crippen molar-refractivity contribution in [2.75, 3.05) is 25.1 Å². The molecule has 2 aromatic heterocycles. The molecule has 1 amide bonds. The number of benzene rings is 1. The van der Waals surface area contributed by atoms with Crippen LogP contribution in [0.1, 0.15) is 77.8 Å². The zero-order valence-corrected chi connectivity index (χ0v) is 22.2. The van der Waals surface area contributed by atoms with Gasteiger partial charge in [-0.05, 0) is 43.9 Å². The predicted molar refractivity (Wildman–Crippen MR) is 138 cm³/mol. The summed E-state index contributed by atoms with van der Waals surface area (Å²) >= 11 is 6.53. The van der Waals surface area contributed by atoms with Gasteiger partial charge in [0.05, 0.1) is 17.9 Å². The number of hydrogen-bond acceptors (Lipinski definition) is 6. The maximum atomic E-state index is 13.7. The van der Waals surface area contributed by atoms with E-state index in [4.69, 9.17) is 16.3 Å². The number of amides is 1. The summed E-state index contributed by atoms with van der Waals surface area (Å²) in [6, 6.07) is 2.58. The molecule has 39 heavy (non-hydrogen) atoms. The number of anilines is 1. The summed E-state index contributed by atoms with van der Waals surface area (Å²) in [5.74, 6) is -1.20. The van der Waals surface area contributed by atoms with Crippen LogP contribution in [0.3, 0.4) is 0 Å². The minimum absolute atomic E-state index is 0.00207. The van der Waals surface area contributed by atoms with Crippen LogP contribution in [0.25, 0.3) is 0 Å². The maximum Gasteiger partial charge on any atom is 0.290 e. The van der Waals surface area contributed by atoms with Crippen molar-refractivity contribution in [3.63, 3.8) is 0 Å². The highest BCUT2D eigenvalue weighted by atomic mass is 35.5. The minimum atomic E-state index is -2.88. The Morgan fingerprint density at radius 1 is 1.26 bits per heavy atom. The first kappa shape index (κ1) is 27.2. The molecule has 2 aliphatic rings. The highest BCUT2D eigenvalue weighted by Gasteiger charge is 2.32. The third-order valence-electron chi connectivity index (χ3n) is 7.32. The van der Waals surface area contributed by atoms with Crippen molar-refractivity contribution >= 4 is 23.2 Å². The van der Waals surface area contributed by atoms with E-state index in [0.717, 1.165) is 25.0 Å². The summed E-state index contributed by atoms with van der Waals surface area (Å²) in [5, 5.41) is 11.4. The van der Waals surface area contributed by atoms with Gasteiger partial charge in [-0.3, -0.25) is 14.3 Å². The largest absolute Gasteiger partial charge is 0.364 e. The molecule has 0 saturated carbocycles. The molecule has 0 bridgehead atoms. The molecule has 0 radical (unpaired) electrons. The van der Waals surface area contributed by atoms with E-state index < -0.39 is 41.5 Å². The van der Waals surface area contributed by atoms with Crippen LogP contribution in [0.15, 0.2) is 29.2 Å². The van der Waals surface area contributed by atoms with Crippen molar-refractivity contribution in [3.05, 3.63) is 73.7 Å². The molecule has 0 spiro atoms. The van der Waals surface area contributed by atoms with E-state index in [9.17, 15) is 22.8 Å². The van der Waals surface area contributed by atoms with Gasteiger partial charge in [0.15, 0.2) is 11.9 Å². The van der Waals surface area contributed by atoms with E-state index in [2.05, 4.69) is 15.5 Å². The van der Waals surface area contributed by atoms with Gasteiger partial charge >= 0.3 is 0 Å². The average molecular weight is 565 g/mol. The molecule has 208 valence electrons. The summed E-state index contributed by atoms with van der Waals surface area (Å²) in [4.78, 5) is 27.7. The monoisotopic (exact) mass is 564 g/mol. The van der Waals surface area contributed by atoms with E-state index in [1.54, 1.807) is 11.6 Å². The number of alkyl halides is 2. The number of fused-ring (bicyclic) bond motifs is 1. The van der Waals surface area contributed by atoms with E-state index >= 15 is 0 Å². The van der Waals surface area contributed by atoms with Crippen molar-refractivity contribution < 1.29 is 22.7 Å². The lowest BCUT2D eigenvalue weighted by molar-refractivity contribution is -0.0424. The molecule has 2 unspecified atom stereocenters. The molecule has 5 rings (SSSR count). The van der Waals surface area contributed by atoms with Gasteiger partial charge < -0.3 is 15.0 Å². The van der Waals surface area contributed by atoms with Crippen LogP contribution in [0, 0.1) is 5.82 Å². The van der Waals surface area contributed by atoms with E-state index in [-0.39, 0.29) is 22.8 Å². The summed E-state index contributed by atoms with van der Waals surface area (Å²) < 4.78 is 49.7.